The van der Waals surface area contributed by atoms with Crippen LogP contribution < -0.4 is 4.72 Å². The fourth-order valence-electron chi connectivity index (χ4n) is 2.37. The quantitative estimate of drug-likeness (QED) is 0.701. The van der Waals surface area contributed by atoms with Gasteiger partial charge in [0.15, 0.2) is 11.6 Å². The smallest absolute Gasteiger partial charge is 0.289 e. The van der Waals surface area contributed by atoms with Crippen LogP contribution in [0.15, 0.2) is 42.5 Å². The Bertz CT molecular complexity index is 886. The predicted molar refractivity (Wildman–Crippen MR) is 74.9 cm³/mol. The van der Waals surface area contributed by atoms with E-state index in [0.717, 1.165) is 0 Å². The second-order valence-electron chi connectivity index (χ2n) is 4.51. The number of nitrogens with one attached hydrogen (secondary N) is 1. The summed E-state index contributed by atoms with van der Waals surface area (Å²) in [5.74, 6) is -0.828. The number of carbonyl (C=O) groups is 2. The largest absolute Gasteiger partial charge is 0.357 e. The van der Waals surface area contributed by atoms with Gasteiger partial charge in [0.05, 0.1) is 11.3 Å². The highest BCUT2D eigenvalue weighted by molar-refractivity contribution is 7.87. The molecule has 2 aromatic carbocycles. The molecule has 0 aliphatic heterocycles. The van der Waals surface area contributed by atoms with Gasteiger partial charge in [-0.3, -0.25) is 18.9 Å². The van der Waals surface area contributed by atoms with E-state index >= 15 is 0 Å². The highest BCUT2D eigenvalue weighted by Crippen LogP contribution is 2.32. The lowest BCUT2D eigenvalue weighted by Gasteiger charge is -2.19. The average Bonchev–Trinajstić information content (AvgIpc) is 2.43. The van der Waals surface area contributed by atoms with Crippen LogP contribution in [0, 0.1) is 0 Å². The van der Waals surface area contributed by atoms with Crippen LogP contribution >= 0.6 is 0 Å². The summed E-state index contributed by atoms with van der Waals surface area (Å²) in [4.78, 5) is 24.9. The van der Waals surface area contributed by atoms with Gasteiger partial charge >= 0.3 is 10.3 Å². The summed E-state index contributed by atoms with van der Waals surface area (Å²) >= 11 is 0. The SMILES string of the molecule is O=C1c2ccccc2C(=O)c2c(NS(=O)(=O)O)cccc21. The van der Waals surface area contributed by atoms with Crippen molar-refractivity contribution in [2.75, 3.05) is 4.72 Å². The fourth-order valence-corrected chi connectivity index (χ4v) is 2.82. The molecule has 0 atom stereocenters. The Labute approximate surface area is 120 Å². The first-order valence-electron chi connectivity index (χ1n) is 5.95. The summed E-state index contributed by atoms with van der Waals surface area (Å²) in [7, 11) is -4.54. The van der Waals surface area contributed by atoms with Gasteiger partial charge in [-0.2, -0.15) is 8.42 Å². The van der Waals surface area contributed by atoms with E-state index in [1.807, 2.05) is 4.72 Å². The van der Waals surface area contributed by atoms with Gasteiger partial charge in [0.2, 0.25) is 0 Å². The average molecular weight is 303 g/mol. The summed E-state index contributed by atoms with van der Waals surface area (Å²) in [6, 6.07) is 10.5. The first kappa shape index (κ1) is 13.5. The first-order chi connectivity index (χ1) is 9.88. The fraction of sp³-hybridized carbons (Fsp3) is 0. The highest BCUT2D eigenvalue weighted by atomic mass is 32.2. The first-order valence-corrected chi connectivity index (χ1v) is 7.39. The van der Waals surface area contributed by atoms with Gasteiger partial charge in [0.25, 0.3) is 0 Å². The van der Waals surface area contributed by atoms with Gasteiger partial charge in [-0.05, 0) is 6.07 Å². The Kier molecular flexibility index (Phi) is 2.89. The van der Waals surface area contributed by atoms with Crippen molar-refractivity contribution in [3.63, 3.8) is 0 Å². The number of fused-ring (bicyclic) bond motifs is 2. The molecular formula is C14H9NO5S. The maximum Gasteiger partial charge on any atom is 0.357 e. The van der Waals surface area contributed by atoms with Gasteiger partial charge < -0.3 is 0 Å². The van der Waals surface area contributed by atoms with Crippen LogP contribution in [-0.2, 0) is 10.3 Å². The molecule has 2 N–H and O–H groups in total. The minimum atomic E-state index is -4.54. The molecule has 0 heterocycles. The molecule has 1 aliphatic carbocycles. The van der Waals surface area contributed by atoms with Crippen molar-refractivity contribution >= 4 is 27.6 Å². The molecule has 0 radical (unpaired) electrons. The molecule has 7 heteroatoms. The molecule has 2 aromatic rings. The van der Waals surface area contributed by atoms with Crippen molar-refractivity contribution in [1.29, 1.82) is 0 Å². The topological polar surface area (TPSA) is 101 Å². The minimum Gasteiger partial charge on any atom is -0.289 e. The predicted octanol–water partition coefficient (Wildman–Crippen LogP) is 1.68. The van der Waals surface area contributed by atoms with Gasteiger partial charge in [-0.25, -0.2) is 0 Å². The second kappa shape index (κ2) is 4.51. The summed E-state index contributed by atoms with van der Waals surface area (Å²) in [5.41, 5.74) is 0.410. The van der Waals surface area contributed by atoms with Crippen LogP contribution in [0.1, 0.15) is 31.8 Å². The molecule has 3 rings (SSSR count). The van der Waals surface area contributed by atoms with Crippen molar-refractivity contribution in [2.45, 2.75) is 0 Å². The maximum atomic E-state index is 12.5. The van der Waals surface area contributed by atoms with Crippen LogP contribution in [-0.4, -0.2) is 24.5 Å². The van der Waals surface area contributed by atoms with Crippen molar-refractivity contribution in [3.05, 3.63) is 64.7 Å². The molecule has 0 unspecified atom stereocenters. The molecule has 0 saturated carbocycles. The number of hydrogen-bond acceptors (Lipinski definition) is 4. The number of carbonyl (C=O) groups excluding carboxylic acids is 2. The number of rotatable bonds is 2. The third-order valence-electron chi connectivity index (χ3n) is 3.19. The molecule has 0 amide bonds. The van der Waals surface area contributed by atoms with Crippen LogP contribution in [0.2, 0.25) is 0 Å². The molecule has 0 spiro atoms. The van der Waals surface area contributed by atoms with E-state index < -0.39 is 16.1 Å². The highest BCUT2D eigenvalue weighted by Gasteiger charge is 2.31. The second-order valence-corrected chi connectivity index (χ2v) is 5.66. The molecular weight excluding hydrogens is 294 g/mol. The lowest BCUT2D eigenvalue weighted by atomic mass is 9.83. The van der Waals surface area contributed by atoms with Crippen LogP contribution in [0.4, 0.5) is 5.69 Å². The van der Waals surface area contributed by atoms with E-state index in [1.54, 1.807) is 18.2 Å². The number of anilines is 1. The van der Waals surface area contributed by atoms with Crippen LogP contribution in [0.5, 0.6) is 0 Å². The van der Waals surface area contributed by atoms with Crippen molar-refractivity contribution in [3.8, 4) is 0 Å². The van der Waals surface area contributed by atoms with Gasteiger partial charge in [-0.15, -0.1) is 0 Å². The molecule has 21 heavy (non-hydrogen) atoms. The molecule has 106 valence electrons. The molecule has 0 aromatic heterocycles. The number of benzene rings is 2. The molecule has 0 bridgehead atoms. The van der Waals surface area contributed by atoms with Crippen molar-refractivity contribution < 1.29 is 22.6 Å². The maximum absolute atomic E-state index is 12.5. The zero-order valence-corrected chi connectivity index (χ0v) is 11.3. The van der Waals surface area contributed by atoms with E-state index in [2.05, 4.69) is 0 Å². The van der Waals surface area contributed by atoms with Crippen LogP contribution in [0.25, 0.3) is 0 Å². The minimum absolute atomic E-state index is 0.0566. The van der Waals surface area contributed by atoms with Gasteiger partial charge in [-0.1, -0.05) is 36.4 Å². The zero-order valence-electron chi connectivity index (χ0n) is 10.5. The van der Waals surface area contributed by atoms with E-state index in [4.69, 9.17) is 4.55 Å². The van der Waals surface area contributed by atoms with Gasteiger partial charge in [0, 0.05) is 16.7 Å². The molecule has 6 nitrogen and oxygen atoms in total. The summed E-state index contributed by atoms with van der Waals surface area (Å²) in [6.45, 7) is 0. The molecule has 1 aliphatic rings. The standard InChI is InChI=1S/C14H9NO5S/c16-13-8-4-1-2-5-9(8)14(17)12-10(13)6-3-7-11(12)15-21(18,19)20/h1-7,15H,(H,18,19,20). The lowest BCUT2D eigenvalue weighted by Crippen LogP contribution is -2.23. The monoisotopic (exact) mass is 303 g/mol. The van der Waals surface area contributed by atoms with E-state index in [-0.39, 0.29) is 33.7 Å². The Morgan fingerprint density at radius 3 is 2.00 bits per heavy atom. The van der Waals surface area contributed by atoms with E-state index in [1.165, 1.54) is 24.3 Å². The third-order valence-corrected chi connectivity index (χ3v) is 3.67. The summed E-state index contributed by atoms with van der Waals surface area (Å²) < 4.78 is 32.7. The summed E-state index contributed by atoms with van der Waals surface area (Å²) in [5, 5.41) is 0. The van der Waals surface area contributed by atoms with Crippen LogP contribution in [0.3, 0.4) is 0 Å². The Morgan fingerprint density at radius 1 is 0.810 bits per heavy atom. The number of hydrogen-bond donors (Lipinski definition) is 2. The third kappa shape index (κ3) is 2.22. The van der Waals surface area contributed by atoms with Crippen molar-refractivity contribution in [2.24, 2.45) is 0 Å². The van der Waals surface area contributed by atoms with Gasteiger partial charge in [0.1, 0.15) is 0 Å². The van der Waals surface area contributed by atoms with E-state index in [9.17, 15) is 18.0 Å². The lowest BCUT2D eigenvalue weighted by molar-refractivity contribution is 0.0979. The Morgan fingerprint density at radius 2 is 1.38 bits per heavy atom. The summed E-state index contributed by atoms with van der Waals surface area (Å²) in [6.07, 6.45) is 0. The normalized spacial score (nSPS) is 13.6. The number of ketones is 2. The van der Waals surface area contributed by atoms with E-state index in [0.29, 0.717) is 0 Å². The van der Waals surface area contributed by atoms with Crippen molar-refractivity contribution in [1.82, 2.24) is 0 Å². The Balaban J connectivity index is 2.26. The molecule has 0 fully saturated rings. The Hall–Kier alpha value is -2.51. The molecule has 0 saturated heterocycles. The zero-order chi connectivity index (χ0) is 15.2.